The molecule has 7 nitrogen and oxygen atoms in total. The number of phenolic OH excluding ortho intramolecular Hbond substituents is 1. The van der Waals surface area contributed by atoms with Crippen molar-refractivity contribution in [1.82, 2.24) is 0 Å². The first-order valence-corrected chi connectivity index (χ1v) is 6.32. The van der Waals surface area contributed by atoms with Gasteiger partial charge in [-0.15, -0.1) is 0 Å². The van der Waals surface area contributed by atoms with E-state index in [-0.39, 0.29) is 16.7 Å². The number of fused-ring (bicyclic) bond motifs is 1. The molecule has 0 unspecified atom stereocenters. The molecule has 0 spiro atoms. The quantitative estimate of drug-likeness (QED) is 0.581. The standard InChI is InChI=1S/C10H7O7P/c11-5-1-2-6-8(3-5)17-4-7(9(6)12)10(13)18(14,15)16/h1-4,14-16H/p+1. The molecule has 0 bridgehead atoms. The zero-order valence-corrected chi connectivity index (χ0v) is 9.66. The topological polar surface area (TPSA) is 128 Å². The van der Waals surface area contributed by atoms with Crippen LogP contribution < -0.4 is 5.43 Å². The largest absolute Gasteiger partial charge is 0.508 e. The Morgan fingerprint density at radius 3 is 2.50 bits per heavy atom. The molecule has 1 aromatic heterocycles. The number of aromatic hydroxyl groups is 1. The van der Waals surface area contributed by atoms with Crippen molar-refractivity contribution < 1.29 is 29.0 Å². The van der Waals surface area contributed by atoms with Crippen LogP contribution in [-0.2, 0) is 0 Å². The zero-order valence-electron chi connectivity index (χ0n) is 8.77. The highest BCUT2D eigenvalue weighted by molar-refractivity contribution is 7.76. The molecule has 2 aromatic rings. The summed E-state index contributed by atoms with van der Waals surface area (Å²) in [6.45, 7) is 0. The van der Waals surface area contributed by atoms with Crippen LogP contribution in [0.25, 0.3) is 11.0 Å². The molecule has 0 amide bonds. The Hall–Kier alpha value is -1.79. The average Bonchev–Trinajstić information content (AvgIpc) is 2.27. The van der Waals surface area contributed by atoms with Crippen LogP contribution in [0.15, 0.2) is 33.7 Å². The van der Waals surface area contributed by atoms with Gasteiger partial charge in [0.2, 0.25) is 5.43 Å². The SMILES string of the molecule is O=C(c1coc2cc(O)ccc2c1=O)[P+](O)(O)O. The molecule has 0 aliphatic rings. The second-order valence-corrected chi connectivity index (χ2v) is 5.08. The van der Waals surface area contributed by atoms with Crippen molar-refractivity contribution in [2.45, 2.75) is 0 Å². The van der Waals surface area contributed by atoms with Gasteiger partial charge >= 0.3 is 13.5 Å². The van der Waals surface area contributed by atoms with Gasteiger partial charge in [0.15, 0.2) is 5.56 Å². The number of phenols is 1. The fraction of sp³-hybridized carbons (Fsp3) is 0. The molecular formula is C10H8O7P+. The third kappa shape index (κ3) is 2.12. The third-order valence-corrected chi connectivity index (χ3v) is 3.05. The Labute approximate surface area is 100 Å². The molecule has 94 valence electrons. The molecule has 2 rings (SSSR count). The lowest BCUT2D eigenvalue weighted by Crippen LogP contribution is -2.17. The number of hydrogen-bond donors (Lipinski definition) is 4. The van der Waals surface area contributed by atoms with E-state index in [2.05, 4.69) is 0 Å². The van der Waals surface area contributed by atoms with Crippen LogP contribution in [-0.4, -0.2) is 25.3 Å². The van der Waals surface area contributed by atoms with Crippen molar-refractivity contribution in [1.29, 1.82) is 0 Å². The molecule has 0 saturated heterocycles. The summed E-state index contributed by atoms with van der Waals surface area (Å²) in [6.07, 6.45) is 0.712. The first-order chi connectivity index (χ1) is 8.30. The molecule has 0 atom stereocenters. The molecule has 4 N–H and O–H groups in total. The van der Waals surface area contributed by atoms with Crippen LogP contribution in [0, 0.1) is 0 Å². The fourth-order valence-electron chi connectivity index (χ4n) is 1.43. The van der Waals surface area contributed by atoms with Gasteiger partial charge in [-0.2, -0.15) is 14.7 Å². The summed E-state index contributed by atoms with van der Waals surface area (Å²) < 4.78 is 4.92. The predicted octanol–water partition coefficient (Wildman–Crippen LogP) is 0.378. The van der Waals surface area contributed by atoms with Crippen LogP contribution >= 0.6 is 7.94 Å². The highest BCUT2D eigenvalue weighted by atomic mass is 31.2. The van der Waals surface area contributed by atoms with E-state index < -0.39 is 24.5 Å². The van der Waals surface area contributed by atoms with E-state index in [0.29, 0.717) is 6.26 Å². The molecule has 0 aliphatic heterocycles. The molecule has 0 aliphatic carbocycles. The molecule has 1 aromatic carbocycles. The van der Waals surface area contributed by atoms with Crippen molar-refractivity contribution in [2.24, 2.45) is 0 Å². The van der Waals surface area contributed by atoms with Gasteiger partial charge in [0, 0.05) is 6.07 Å². The Morgan fingerprint density at radius 2 is 1.89 bits per heavy atom. The number of benzene rings is 1. The van der Waals surface area contributed by atoms with E-state index in [1.165, 1.54) is 18.2 Å². The first-order valence-electron chi connectivity index (χ1n) is 4.67. The maximum Gasteiger partial charge on any atom is 0.484 e. The van der Waals surface area contributed by atoms with E-state index in [4.69, 9.17) is 19.1 Å². The van der Waals surface area contributed by atoms with Gasteiger partial charge in [-0.1, -0.05) is 0 Å². The predicted molar refractivity (Wildman–Crippen MR) is 62.1 cm³/mol. The Morgan fingerprint density at radius 1 is 1.22 bits per heavy atom. The second kappa shape index (κ2) is 4.15. The zero-order chi connectivity index (χ0) is 13.5. The monoisotopic (exact) mass is 271 g/mol. The van der Waals surface area contributed by atoms with E-state index >= 15 is 0 Å². The van der Waals surface area contributed by atoms with Crippen LogP contribution in [0.1, 0.15) is 10.4 Å². The lowest BCUT2D eigenvalue weighted by Gasteiger charge is -2.02. The highest BCUT2D eigenvalue weighted by Crippen LogP contribution is 2.47. The Balaban J connectivity index is 2.70. The molecule has 8 heteroatoms. The Kier molecular flexibility index (Phi) is 2.92. The lowest BCUT2D eigenvalue weighted by atomic mass is 10.2. The maximum absolute atomic E-state index is 11.8. The lowest BCUT2D eigenvalue weighted by molar-refractivity contribution is 0.102. The fourth-order valence-corrected chi connectivity index (χ4v) is 1.90. The minimum absolute atomic E-state index is 0.0212. The van der Waals surface area contributed by atoms with E-state index in [1.54, 1.807) is 0 Å². The van der Waals surface area contributed by atoms with Crippen molar-refractivity contribution in [3.63, 3.8) is 0 Å². The summed E-state index contributed by atoms with van der Waals surface area (Å²) in [5.74, 6) is -0.127. The van der Waals surface area contributed by atoms with Gasteiger partial charge in [-0.25, -0.2) is 4.79 Å². The van der Waals surface area contributed by atoms with Crippen molar-refractivity contribution >= 4 is 24.4 Å². The number of hydrogen-bond acceptors (Lipinski definition) is 7. The van der Waals surface area contributed by atoms with Crippen LogP contribution in [0.5, 0.6) is 5.75 Å². The maximum atomic E-state index is 11.8. The van der Waals surface area contributed by atoms with Crippen LogP contribution in [0.4, 0.5) is 0 Å². The summed E-state index contributed by atoms with van der Waals surface area (Å²) in [7, 11) is -4.79. The van der Waals surface area contributed by atoms with Gasteiger partial charge in [-0.3, -0.25) is 4.79 Å². The second-order valence-electron chi connectivity index (χ2n) is 3.53. The smallest absolute Gasteiger partial charge is 0.484 e. The summed E-state index contributed by atoms with van der Waals surface area (Å²) in [5, 5.41) is 9.16. The minimum atomic E-state index is -4.79. The van der Waals surface area contributed by atoms with Gasteiger partial charge < -0.3 is 9.52 Å². The molecule has 0 radical (unpaired) electrons. The van der Waals surface area contributed by atoms with Crippen LogP contribution in [0.2, 0.25) is 0 Å². The van der Waals surface area contributed by atoms with Gasteiger partial charge in [0.05, 0.1) is 5.39 Å². The summed E-state index contributed by atoms with van der Waals surface area (Å²) in [4.78, 5) is 49.7. The molecule has 0 fully saturated rings. The van der Waals surface area contributed by atoms with E-state index in [1.807, 2.05) is 0 Å². The minimum Gasteiger partial charge on any atom is -0.508 e. The number of carbonyl (C=O) groups excluding carboxylic acids is 1. The van der Waals surface area contributed by atoms with Gasteiger partial charge in [0.1, 0.15) is 17.6 Å². The highest BCUT2D eigenvalue weighted by Gasteiger charge is 2.45. The number of carbonyl (C=O) groups is 1. The molecular weight excluding hydrogens is 263 g/mol. The molecule has 1 heterocycles. The number of rotatable bonds is 2. The Bertz CT molecular complexity index is 683. The summed E-state index contributed by atoms with van der Waals surface area (Å²) >= 11 is 0. The molecule has 18 heavy (non-hydrogen) atoms. The summed E-state index contributed by atoms with van der Waals surface area (Å²) in [5.41, 5.74) is -2.92. The van der Waals surface area contributed by atoms with E-state index in [9.17, 15) is 14.7 Å². The summed E-state index contributed by atoms with van der Waals surface area (Å²) in [6, 6.07) is 3.61. The van der Waals surface area contributed by atoms with Gasteiger partial charge in [-0.05, 0) is 12.1 Å². The normalized spacial score (nSPS) is 11.7. The molecule has 0 saturated carbocycles. The van der Waals surface area contributed by atoms with Crippen molar-refractivity contribution in [3.05, 3.63) is 40.2 Å². The van der Waals surface area contributed by atoms with Crippen LogP contribution in [0.3, 0.4) is 0 Å². The van der Waals surface area contributed by atoms with E-state index in [0.717, 1.165) is 0 Å². The van der Waals surface area contributed by atoms with Crippen molar-refractivity contribution in [3.8, 4) is 5.75 Å². The van der Waals surface area contributed by atoms with Crippen molar-refractivity contribution in [2.75, 3.05) is 0 Å². The first kappa shape index (κ1) is 12.7. The average molecular weight is 271 g/mol. The third-order valence-electron chi connectivity index (χ3n) is 2.26. The van der Waals surface area contributed by atoms with Gasteiger partial charge in [0.25, 0.3) is 0 Å².